The van der Waals surface area contributed by atoms with E-state index >= 15 is 0 Å². The van der Waals surface area contributed by atoms with Gasteiger partial charge in [-0.3, -0.25) is 13.8 Å². The third-order valence-electron chi connectivity index (χ3n) is 3.36. The Kier molecular flexibility index (Phi) is 4.77. The molecule has 6 nitrogen and oxygen atoms in total. The molecule has 3 heterocycles. The maximum Gasteiger partial charge on any atom is 0.257 e. The quantitative estimate of drug-likeness (QED) is 0.706. The highest BCUT2D eigenvalue weighted by Crippen LogP contribution is 2.22. The van der Waals surface area contributed by atoms with Gasteiger partial charge in [-0.15, -0.1) is 11.3 Å². The van der Waals surface area contributed by atoms with Gasteiger partial charge in [0.1, 0.15) is 10.0 Å². The molecule has 1 atom stereocenters. The Morgan fingerprint density at radius 2 is 2.21 bits per heavy atom. The highest BCUT2D eigenvalue weighted by Gasteiger charge is 2.14. The first-order valence-electron chi connectivity index (χ1n) is 7.02. The summed E-state index contributed by atoms with van der Waals surface area (Å²) >= 11 is 1.32. The number of aldehydes is 1. The van der Waals surface area contributed by atoms with E-state index in [-0.39, 0.29) is 11.3 Å². The van der Waals surface area contributed by atoms with Crippen LogP contribution in [0.4, 0.5) is 0 Å². The fourth-order valence-electron chi connectivity index (χ4n) is 2.12. The third kappa shape index (κ3) is 3.39. The normalized spacial score (nSPS) is 12.0. The average molecular weight is 359 g/mol. The summed E-state index contributed by atoms with van der Waals surface area (Å²) in [4.78, 5) is 34.2. The van der Waals surface area contributed by atoms with Gasteiger partial charge in [0.25, 0.3) is 5.56 Å². The Morgan fingerprint density at radius 1 is 1.38 bits per heavy atom. The molecule has 3 aromatic rings. The first-order valence-corrected chi connectivity index (χ1v) is 9.21. The molecule has 0 saturated heterocycles. The molecule has 0 aliphatic carbocycles. The van der Waals surface area contributed by atoms with Crippen molar-refractivity contribution in [1.82, 2.24) is 15.0 Å². The highest BCUT2D eigenvalue weighted by molar-refractivity contribution is 7.84. The molecule has 1 N–H and O–H groups in total. The highest BCUT2D eigenvalue weighted by atomic mass is 32.2. The summed E-state index contributed by atoms with van der Waals surface area (Å²) in [6.45, 7) is 1.66. The van der Waals surface area contributed by atoms with E-state index in [1.54, 1.807) is 36.7 Å². The standard InChI is InChI=1S/C16H13N3O3S2/c1-10-11(7-20)6-12(16(21)18-10)13-8-23-14(19-13)9-24(22)15-4-2-3-5-17-15/h2-8H,9H2,1H3,(H,18,21). The number of pyridine rings is 2. The minimum absolute atomic E-state index is 0.228. The van der Waals surface area contributed by atoms with Crippen molar-refractivity contribution in [2.45, 2.75) is 17.7 Å². The van der Waals surface area contributed by atoms with Crippen molar-refractivity contribution in [3.05, 3.63) is 62.5 Å². The molecule has 0 saturated carbocycles. The number of carbonyl (C=O) groups is 1. The number of aryl methyl sites for hydroxylation is 1. The number of carbonyl (C=O) groups excluding carboxylic acids is 1. The summed E-state index contributed by atoms with van der Waals surface area (Å²) in [6.07, 6.45) is 2.28. The molecule has 1 unspecified atom stereocenters. The summed E-state index contributed by atoms with van der Waals surface area (Å²) in [5, 5.41) is 2.85. The number of aromatic nitrogens is 3. The second kappa shape index (κ2) is 6.98. The molecule has 0 aliphatic rings. The molecule has 0 fully saturated rings. The third-order valence-corrected chi connectivity index (χ3v) is 5.63. The van der Waals surface area contributed by atoms with E-state index in [9.17, 15) is 13.8 Å². The summed E-state index contributed by atoms with van der Waals surface area (Å²) in [5.41, 5.74) is 1.42. The van der Waals surface area contributed by atoms with E-state index in [2.05, 4.69) is 15.0 Å². The molecule has 0 aliphatic heterocycles. The van der Waals surface area contributed by atoms with Gasteiger partial charge in [0.2, 0.25) is 0 Å². The lowest BCUT2D eigenvalue weighted by Gasteiger charge is -2.01. The topological polar surface area (TPSA) is 92.8 Å². The van der Waals surface area contributed by atoms with Crippen LogP contribution in [0.5, 0.6) is 0 Å². The van der Waals surface area contributed by atoms with E-state index < -0.39 is 10.8 Å². The van der Waals surface area contributed by atoms with Crippen LogP contribution in [0, 0.1) is 6.92 Å². The van der Waals surface area contributed by atoms with Crippen LogP contribution in [0.2, 0.25) is 0 Å². The predicted molar refractivity (Wildman–Crippen MR) is 92.6 cm³/mol. The second-order valence-electron chi connectivity index (χ2n) is 4.99. The molecule has 0 aromatic carbocycles. The van der Waals surface area contributed by atoms with E-state index in [1.807, 2.05) is 0 Å². The van der Waals surface area contributed by atoms with Crippen LogP contribution >= 0.6 is 11.3 Å². The lowest BCUT2D eigenvalue weighted by molar-refractivity contribution is 0.112. The fourth-order valence-corrected chi connectivity index (χ4v) is 4.14. The number of hydrogen-bond donors (Lipinski definition) is 1. The Bertz CT molecular complexity index is 964. The van der Waals surface area contributed by atoms with Crippen molar-refractivity contribution in [3.63, 3.8) is 0 Å². The van der Waals surface area contributed by atoms with Gasteiger partial charge < -0.3 is 4.98 Å². The summed E-state index contributed by atoms with van der Waals surface area (Å²) < 4.78 is 12.3. The van der Waals surface area contributed by atoms with Gasteiger partial charge in [0.05, 0.1) is 27.8 Å². The zero-order valence-corrected chi connectivity index (χ0v) is 14.3. The number of thiazole rings is 1. The number of nitrogens with zero attached hydrogens (tertiary/aromatic N) is 2. The van der Waals surface area contributed by atoms with Crippen molar-refractivity contribution in [2.75, 3.05) is 0 Å². The van der Waals surface area contributed by atoms with Gasteiger partial charge >= 0.3 is 0 Å². The first-order chi connectivity index (χ1) is 11.6. The van der Waals surface area contributed by atoms with Gasteiger partial charge in [-0.25, -0.2) is 9.97 Å². The Hall–Kier alpha value is -2.45. The molecular weight excluding hydrogens is 346 g/mol. The molecule has 0 amide bonds. The Balaban J connectivity index is 1.88. The number of rotatable bonds is 5. The maximum atomic E-state index is 12.3. The van der Waals surface area contributed by atoms with Gasteiger partial charge in [0, 0.05) is 22.8 Å². The number of nitrogens with one attached hydrogen (secondary N) is 1. The Morgan fingerprint density at radius 3 is 2.92 bits per heavy atom. The largest absolute Gasteiger partial charge is 0.325 e. The zero-order valence-electron chi connectivity index (χ0n) is 12.7. The summed E-state index contributed by atoms with van der Waals surface area (Å²) in [6, 6.07) is 6.76. The van der Waals surface area contributed by atoms with Crippen molar-refractivity contribution in [2.24, 2.45) is 0 Å². The smallest absolute Gasteiger partial charge is 0.257 e. The molecule has 122 valence electrons. The predicted octanol–water partition coefficient (Wildman–Crippen LogP) is 2.32. The van der Waals surface area contributed by atoms with Crippen molar-refractivity contribution >= 4 is 28.4 Å². The first kappa shape index (κ1) is 16.4. The molecule has 0 bridgehead atoms. The minimum atomic E-state index is -1.30. The molecule has 24 heavy (non-hydrogen) atoms. The fraction of sp³-hybridized carbons (Fsp3) is 0.125. The van der Waals surface area contributed by atoms with Gasteiger partial charge in [-0.1, -0.05) is 6.07 Å². The SMILES string of the molecule is Cc1[nH]c(=O)c(-c2csc(CS(=O)c3ccccn3)n2)cc1C=O. The molecule has 3 aromatic heterocycles. The van der Waals surface area contributed by atoms with Crippen LogP contribution in [0.1, 0.15) is 21.1 Å². The van der Waals surface area contributed by atoms with Crippen LogP contribution in [0.25, 0.3) is 11.3 Å². The van der Waals surface area contributed by atoms with Crippen LogP contribution in [-0.4, -0.2) is 25.4 Å². The van der Waals surface area contributed by atoms with Crippen molar-refractivity contribution < 1.29 is 9.00 Å². The molecule has 3 rings (SSSR count). The Labute approximate surface area is 144 Å². The van der Waals surface area contributed by atoms with Crippen molar-refractivity contribution in [3.8, 4) is 11.3 Å². The number of aromatic amines is 1. The molecular formula is C16H13N3O3S2. The van der Waals surface area contributed by atoms with E-state index in [0.717, 1.165) is 0 Å². The summed E-state index contributed by atoms with van der Waals surface area (Å²) in [5.74, 6) is 0.228. The van der Waals surface area contributed by atoms with Gasteiger partial charge in [-0.05, 0) is 25.1 Å². The van der Waals surface area contributed by atoms with Gasteiger partial charge in [-0.2, -0.15) is 0 Å². The molecule has 0 radical (unpaired) electrons. The maximum absolute atomic E-state index is 12.3. The summed E-state index contributed by atoms with van der Waals surface area (Å²) in [7, 11) is -1.30. The van der Waals surface area contributed by atoms with Crippen LogP contribution in [0.15, 0.2) is 45.7 Å². The molecule has 8 heteroatoms. The van der Waals surface area contributed by atoms with E-state index in [4.69, 9.17) is 0 Å². The average Bonchev–Trinajstić information content (AvgIpc) is 3.04. The molecule has 0 spiro atoms. The minimum Gasteiger partial charge on any atom is -0.325 e. The van der Waals surface area contributed by atoms with Gasteiger partial charge in [0.15, 0.2) is 6.29 Å². The van der Waals surface area contributed by atoms with E-state index in [0.29, 0.717) is 38.8 Å². The van der Waals surface area contributed by atoms with E-state index in [1.165, 1.54) is 17.4 Å². The van der Waals surface area contributed by atoms with Crippen LogP contribution < -0.4 is 5.56 Å². The number of H-pyrrole nitrogens is 1. The second-order valence-corrected chi connectivity index (χ2v) is 7.34. The van der Waals surface area contributed by atoms with Crippen LogP contribution in [-0.2, 0) is 16.6 Å². The zero-order chi connectivity index (χ0) is 17.1. The lowest BCUT2D eigenvalue weighted by Crippen LogP contribution is -2.12. The lowest BCUT2D eigenvalue weighted by atomic mass is 10.1. The van der Waals surface area contributed by atoms with Crippen LogP contribution in [0.3, 0.4) is 0 Å². The monoisotopic (exact) mass is 359 g/mol. The number of hydrogen-bond acceptors (Lipinski definition) is 6. The van der Waals surface area contributed by atoms with Crippen molar-refractivity contribution in [1.29, 1.82) is 0 Å².